The van der Waals surface area contributed by atoms with Crippen LogP contribution in [-0.4, -0.2) is 27.6 Å². The maximum absolute atomic E-state index is 12.8. The van der Waals surface area contributed by atoms with Gasteiger partial charge in [0.25, 0.3) is 0 Å². The first-order valence-corrected chi connectivity index (χ1v) is 9.78. The van der Waals surface area contributed by atoms with Crippen LogP contribution in [0.1, 0.15) is 18.1 Å². The molecule has 2 aromatic carbocycles. The molecular formula is C19H18N2OS2. The van der Waals surface area contributed by atoms with Crippen LogP contribution in [0, 0.1) is 0 Å². The minimum atomic E-state index is -0.115. The Labute approximate surface area is 149 Å². The molecule has 0 spiro atoms. The van der Waals surface area contributed by atoms with Crippen LogP contribution in [0.4, 0.5) is 0 Å². The van der Waals surface area contributed by atoms with E-state index in [0.717, 1.165) is 29.4 Å². The van der Waals surface area contributed by atoms with E-state index in [0.29, 0.717) is 0 Å². The highest BCUT2D eigenvalue weighted by Gasteiger charge is 2.25. The summed E-state index contributed by atoms with van der Waals surface area (Å²) in [4.78, 5) is 19.4. The predicted molar refractivity (Wildman–Crippen MR) is 101 cm³/mol. The molecule has 0 fully saturated rings. The summed E-state index contributed by atoms with van der Waals surface area (Å²) in [5.41, 5.74) is 3.65. The lowest BCUT2D eigenvalue weighted by Crippen LogP contribution is -2.40. The molecule has 0 saturated heterocycles. The first kappa shape index (κ1) is 15.7. The van der Waals surface area contributed by atoms with Crippen LogP contribution in [0.3, 0.4) is 0 Å². The molecule has 3 aromatic rings. The molecule has 1 aliphatic heterocycles. The lowest BCUT2D eigenvalue weighted by Gasteiger charge is -2.30. The molecule has 1 amide bonds. The molecule has 24 heavy (non-hydrogen) atoms. The second-order valence-electron chi connectivity index (χ2n) is 5.99. The minimum absolute atomic E-state index is 0.115. The minimum Gasteiger partial charge on any atom is -0.337 e. The zero-order valence-electron chi connectivity index (χ0n) is 13.4. The normalized spacial score (nSPS) is 15.3. The second kappa shape index (κ2) is 6.57. The average molecular weight is 355 g/mol. The topological polar surface area (TPSA) is 33.2 Å². The van der Waals surface area contributed by atoms with Crippen LogP contribution in [0.25, 0.3) is 10.2 Å². The van der Waals surface area contributed by atoms with Crippen molar-refractivity contribution in [3.05, 3.63) is 59.7 Å². The number of hydrogen-bond donors (Lipinski definition) is 0. The Morgan fingerprint density at radius 2 is 1.92 bits per heavy atom. The van der Waals surface area contributed by atoms with Crippen LogP contribution < -0.4 is 0 Å². The average Bonchev–Trinajstić information content (AvgIpc) is 3.02. The van der Waals surface area contributed by atoms with E-state index >= 15 is 0 Å². The molecule has 122 valence electrons. The summed E-state index contributed by atoms with van der Waals surface area (Å²) in [5.74, 6) is 0.203. The maximum Gasteiger partial charge on any atom is 0.236 e. The van der Waals surface area contributed by atoms with Gasteiger partial charge in [0.2, 0.25) is 5.91 Å². The van der Waals surface area contributed by atoms with E-state index in [1.54, 1.807) is 23.1 Å². The number of thioether (sulfide) groups is 1. The Balaban J connectivity index is 1.46. The Morgan fingerprint density at radius 3 is 2.75 bits per heavy atom. The Morgan fingerprint density at radius 1 is 1.17 bits per heavy atom. The molecule has 0 saturated carbocycles. The SMILES string of the molecule is CC(Sc1nc2ccccc2s1)C(=O)N1CCc2ccccc2C1. The molecule has 4 rings (SSSR count). The van der Waals surface area contributed by atoms with Crippen molar-refractivity contribution in [2.45, 2.75) is 29.5 Å². The van der Waals surface area contributed by atoms with Gasteiger partial charge in [0.1, 0.15) is 0 Å². The summed E-state index contributed by atoms with van der Waals surface area (Å²) in [5, 5.41) is -0.115. The van der Waals surface area contributed by atoms with Crippen molar-refractivity contribution < 1.29 is 4.79 Å². The molecule has 0 bridgehead atoms. The standard InChI is InChI=1S/C19H18N2OS2/c1-13(23-19-20-16-8-4-5-9-17(16)24-19)18(22)21-11-10-14-6-2-3-7-15(14)12-21/h2-9,13H,10-12H2,1H3. The number of nitrogens with zero attached hydrogens (tertiary/aromatic N) is 2. The molecule has 5 heteroatoms. The number of hydrogen-bond acceptors (Lipinski definition) is 4. The van der Waals surface area contributed by atoms with Crippen molar-refractivity contribution >= 4 is 39.2 Å². The highest BCUT2D eigenvalue weighted by molar-refractivity contribution is 8.02. The third-order valence-corrected chi connectivity index (χ3v) is 6.56. The molecule has 1 unspecified atom stereocenters. The van der Waals surface area contributed by atoms with E-state index in [4.69, 9.17) is 0 Å². The van der Waals surface area contributed by atoms with Crippen LogP contribution >= 0.6 is 23.1 Å². The molecular weight excluding hydrogens is 336 g/mol. The fourth-order valence-corrected chi connectivity index (χ4v) is 5.34. The zero-order valence-corrected chi connectivity index (χ0v) is 15.1. The highest BCUT2D eigenvalue weighted by Crippen LogP contribution is 2.33. The first-order valence-electron chi connectivity index (χ1n) is 8.08. The summed E-state index contributed by atoms with van der Waals surface area (Å²) in [6.07, 6.45) is 0.945. The molecule has 3 nitrogen and oxygen atoms in total. The van der Waals surface area contributed by atoms with E-state index < -0.39 is 0 Å². The van der Waals surface area contributed by atoms with Crippen LogP contribution in [0.2, 0.25) is 0 Å². The molecule has 1 aliphatic rings. The first-order chi connectivity index (χ1) is 11.7. The molecule has 0 radical (unpaired) electrons. The quantitative estimate of drug-likeness (QED) is 0.655. The van der Waals surface area contributed by atoms with Crippen molar-refractivity contribution in [1.82, 2.24) is 9.88 Å². The third-order valence-electron chi connectivity index (χ3n) is 4.34. The maximum atomic E-state index is 12.8. The van der Waals surface area contributed by atoms with Crippen molar-refractivity contribution in [2.24, 2.45) is 0 Å². The van der Waals surface area contributed by atoms with E-state index in [1.807, 2.05) is 36.1 Å². The number of benzene rings is 2. The monoisotopic (exact) mass is 354 g/mol. The Bertz CT molecular complexity index is 857. The lowest BCUT2D eigenvalue weighted by atomic mass is 10.00. The Hall–Kier alpha value is -1.85. The number of thiazole rings is 1. The van der Waals surface area contributed by atoms with Crippen molar-refractivity contribution in [3.8, 4) is 0 Å². The second-order valence-corrected chi connectivity index (χ2v) is 8.60. The van der Waals surface area contributed by atoms with Gasteiger partial charge >= 0.3 is 0 Å². The fourth-order valence-electron chi connectivity index (χ4n) is 3.04. The molecule has 1 aromatic heterocycles. The van der Waals surface area contributed by atoms with E-state index in [1.165, 1.54) is 15.8 Å². The van der Waals surface area contributed by atoms with Crippen LogP contribution in [-0.2, 0) is 17.8 Å². The fraction of sp³-hybridized carbons (Fsp3) is 0.263. The number of aromatic nitrogens is 1. The molecule has 1 atom stereocenters. The van der Waals surface area contributed by atoms with Gasteiger partial charge in [0, 0.05) is 13.1 Å². The zero-order chi connectivity index (χ0) is 16.5. The summed E-state index contributed by atoms with van der Waals surface area (Å²) in [6.45, 7) is 3.51. The number of carbonyl (C=O) groups excluding carboxylic acids is 1. The summed E-state index contributed by atoms with van der Waals surface area (Å²) in [6, 6.07) is 16.5. The molecule has 2 heterocycles. The van der Waals surface area contributed by atoms with Crippen molar-refractivity contribution in [2.75, 3.05) is 6.54 Å². The number of fused-ring (bicyclic) bond motifs is 2. The molecule has 0 aliphatic carbocycles. The largest absolute Gasteiger partial charge is 0.337 e. The van der Waals surface area contributed by atoms with Gasteiger partial charge in [0.15, 0.2) is 4.34 Å². The van der Waals surface area contributed by atoms with Crippen molar-refractivity contribution in [3.63, 3.8) is 0 Å². The summed E-state index contributed by atoms with van der Waals surface area (Å²) < 4.78 is 2.14. The van der Waals surface area contributed by atoms with Crippen LogP contribution in [0.15, 0.2) is 52.9 Å². The number of para-hydroxylation sites is 1. The van der Waals surface area contributed by atoms with Crippen LogP contribution in [0.5, 0.6) is 0 Å². The van der Waals surface area contributed by atoms with Gasteiger partial charge in [-0.25, -0.2) is 4.98 Å². The van der Waals surface area contributed by atoms with Gasteiger partial charge in [-0.3, -0.25) is 4.79 Å². The van der Waals surface area contributed by atoms with Gasteiger partial charge in [-0.1, -0.05) is 48.2 Å². The van der Waals surface area contributed by atoms with E-state index in [9.17, 15) is 4.79 Å². The smallest absolute Gasteiger partial charge is 0.236 e. The molecule has 0 N–H and O–H groups in total. The van der Waals surface area contributed by atoms with E-state index in [2.05, 4.69) is 29.2 Å². The summed E-state index contributed by atoms with van der Waals surface area (Å²) >= 11 is 3.23. The third kappa shape index (κ3) is 3.06. The Kier molecular flexibility index (Phi) is 4.29. The van der Waals surface area contributed by atoms with Crippen molar-refractivity contribution in [1.29, 1.82) is 0 Å². The number of amides is 1. The lowest BCUT2D eigenvalue weighted by molar-refractivity contribution is -0.131. The van der Waals surface area contributed by atoms with Gasteiger partial charge in [-0.2, -0.15) is 0 Å². The van der Waals surface area contributed by atoms with Gasteiger partial charge < -0.3 is 4.90 Å². The number of carbonyl (C=O) groups is 1. The van der Waals surface area contributed by atoms with Gasteiger partial charge in [-0.05, 0) is 36.6 Å². The van der Waals surface area contributed by atoms with Gasteiger partial charge in [-0.15, -0.1) is 11.3 Å². The number of rotatable bonds is 3. The summed E-state index contributed by atoms with van der Waals surface area (Å²) in [7, 11) is 0. The van der Waals surface area contributed by atoms with Gasteiger partial charge in [0.05, 0.1) is 15.5 Å². The highest BCUT2D eigenvalue weighted by atomic mass is 32.2. The predicted octanol–water partition coefficient (Wildman–Crippen LogP) is 4.36. The van der Waals surface area contributed by atoms with E-state index in [-0.39, 0.29) is 11.2 Å².